The van der Waals surface area contributed by atoms with Gasteiger partial charge in [0.15, 0.2) is 11.4 Å². The van der Waals surface area contributed by atoms with E-state index in [1.807, 2.05) is 12.1 Å². The van der Waals surface area contributed by atoms with E-state index in [0.717, 1.165) is 31.7 Å². The molecule has 2 unspecified atom stereocenters. The van der Waals surface area contributed by atoms with E-state index in [2.05, 4.69) is 17.0 Å². The zero-order valence-corrected chi connectivity index (χ0v) is 35.7. The van der Waals surface area contributed by atoms with Gasteiger partial charge in [0.2, 0.25) is 5.60 Å². The van der Waals surface area contributed by atoms with Crippen LogP contribution in [0.15, 0.2) is 36.7 Å². The van der Waals surface area contributed by atoms with Gasteiger partial charge in [-0.25, -0.2) is 18.5 Å². The molecule has 330 valence electrons. The standard InChI is InChI=1S/C43H62FN6O9P/c1-2-3-4-5-6-7-8-9-10-11-12-13-14-15-16-17-18-19-22-55-28-35(56-27-33-23-32(26-45)24-34(44)25-33)29-57-60(53,54)59-39-38-43(39,52)41(51)42(30-46,58-38)37-21-20-36-40(47)48-31-49-50(36)37/h20-21,23-25,31,35,38-39,41,51-52H,2-19,22,27-29H2,1H3,(H,53,54)(H2,47,48,49)/t35-,38-,39?,41+,42+,43+/m1/s1. The van der Waals surface area contributed by atoms with Crippen molar-refractivity contribution < 1.29 is 47.3 Å². The van der Waals surface area contributed by atoms with Gasteiger partial charge in [-0.3, -0.25) is 9.05 Å². The van der Waals surface area contributed by atoms with Crippen LogP contribution in [0.4, 0.5) is 10.2 Å². The Bertz CT molecular complexity index is 1940. The molecule has 15 nitrogen and oxygen atoms in total. The Hall–Kier alpha value is -3.54. The highest BCUT2D eigenvalue weighted by molar-refractivity contribution is 7.47. The van der Waals surface area contributed by atoms with Crippen LogP contribution in [0.3, 0.4) is 0 Å². The number of hydrogen-bond acceptors (Lipinski definition) is 13. The predicted octanol–water partition coefficient (Wildman–Crippen LogP) is 7.69. The highest BCUT2D eigenvalue weighted by Crippen LogP contribution is 2.63. The van der Waals surface area contributed by atoms with Gasteiger partial charge in [-0.05, 0) is 42.3 Å². The van der Waals surface area contributed by atoms with Gasteiger partial charge in [-0.15, -0.1) is 0 Å². The average Bonchev–Trinajstić information content (AvgIpc) is 3.47. The van der Waals surface area contributed by atoms with Crippen LogP contribution in [-0.4, -0.2) is 79.5 Å². The molecule has 17 heteroatoms. The van der Waals surface area contributed by atoms with Crippen LogP contribution in [0.5, 0.6) is 0 Å². The lowest BCUT2D eigenvalue weighted by atomic mass is 9.90. The van der Waals surface area contributed by atoms with Gasteiger partial charge in [0.05, 0.1) is 37.1 Å². The largest absolute Gasteiger partial charge is 0.472 e. The van der Waals surface area contributed by atoms with Crippen molar-refractivity contribution >= 4 is 19.2 Å². The number of nitrogens with zero attached hydrogens (tertiary/aromatic N) is 5. The van der Waals surface area contributed by atoms with E-state index < -0.39 is 55.9 Å². The van der Waals surface area contributed by atoms with Gasteiger partial charge >= 0.3 is 7.82 Å². The van der Waals surface area contributed by atoms with Gasteiger partial charge < -0.3 is 35.1 Å². The first-order valence-electron chi connectivity index (χ1n) is 21.6. The van der Waals surface area contributed by atoms with Gasteiger partial charge in [-0.2, -0.15) is 15.6 Å². The summed E-state index contributed by atoms with van der Waals surface area (Å²) in [6.07, 6.45) is 18.3. The van der Waals surface area contributed by atoms with Crippen molar-refractivity contribution in [3.63, 3.8) is 0 Å². The summed E-state index contributed by atoms with van der Waals surface area (Å²) >= 11 is 0. The monoisotopic (exact) mass is 856 g/mol. The highest BCUT2D eigenvalue weighted by Gasteiger charge is 2.83. The first kappa shape index (κ1) is 47.5. The second kappa shape index (κ2) is 23.1. The molecule has 5 rings (SSSR count). The van der Waals surface area contributed by atoms with Crippen LogP contribution < -0.4 is 5.73 Å². The number of rotatable bonds is 30. The number of aliphatic hydroxyl groups is 2. The lowest BCUT2D eigenvalue weighted by molar-refractivity contribution is -0.107. The third-order valence-electron chi connectivity index (χ3n) is 11.4. The van der Waals surface area contributed by atoms with Gasteiger partial charge in [0, 0.05) is 6.61 Å². The smallest absolute Gasteiger partial charge is 0.385 e. The number of phosphoric ester groups is 1. The highest BCUT2D eigenvalue weighted by atomic mass is 31.2. The summed E-state index contributed by atoms with van der Waals surface area (Å²) in [6, 6.07) is 10.6. The van der Waals surface area contributed by atoms with Crippen LogP contribution in [0, 0.1) is 28.5 Å². The molecule has 0 radical (unpaired) electrons. The van der Waals surface area contributed by atoms with Crippen LogP contribution in [0.1, 0.15) is 139 Å². The molecule has 7 atom stereocenters. The number of anilines is 1. The van der Waals surface area contributed by atoms with Crippen molar-refractivity contribution in [2.75, 3.05) is 25.6 Å². The fraction of sp³-hybridized carbons (Fsp3) is 0.674. The lowest BCUT2D eigenvalue weighted by Gasteiger charge is -2.29. The SMILES string of the molecule is CCCCCCCCCCCCCCCCCCCCOC[C@H](COP(=O)(O)OC1[C@H]2O[C@@](C#N)(c3ccc4c(N)ncnn34)[C@H](O)[C@@]12O)OCc1cc(F)cc(C#N)c1. The molecule has 3 heterocycles. The minimum atomic E-state index is -4.93. The summed E-state index contributed by atoms with van der Waals surface area (Å²) in [5, 5.41) is 46.1. The molecule has 0 spiro atoms. The Morgan fingerprint density at radius 1 is 0.950 bits per heavy atom. The van der Waals surface area contributed by atoms with Crippen LogP contribution in [0.25, 0.3) is 5.52 Å². The number of aliphatic hydroxyl groups excluding tert-OH is 1. The lowest BCUT2D eigenvalue weighted by Crippen LogP contribution is -2.47. The van der Waals surface area contributed by atoms with Crippen LogP contribution in [0.2, 0.25) is 0 Å². The molecule has 3 aromatic rings. The molecule has 2 aliphatic rings. The molecule has 1 saturated carbocycles. The van der Waals surface area contributed by atoms with E-state index in [1.165, 1.54) is 125 Å². The molecule has 1 saturated heterocycles. The third kappa shape index (κ3) is 12.5. The quantitative estimate of drug-likeness (QED) is 0.0372. The molecule has 0 amide bonds. The number of unbranched alkanes of at least 4 members (excludes halogenated alkanes) is 17. The summed E-state index contributed by atoms with van der Waals surface area (Å²) in [5.74, 6) is -0.499. The molecule has 60 heavy (non-hydrogen) atoms. The van der Waals surface area contributed by atoms with Gasteiger partial charge in [-0.1, -0.05) is 116 Å². The number of aromatic nitrogens is 3. The normalized spacial score (nSPS) is 23.6. The number of benzene rings is 1. The summed E-state index contributed by atoms with van der Waals surface area (Å²) < 4.78 is 56.6. The number of ether oxygens (including phenoxy) is 3. The molecule has 5 N–H and O–H groups in total. The Kier molecular flexibility index (Phi) is 18.3. The summed E-state index contributed by atoms with van der Waals surface area (Å²) in [7, 11) is -4.93. The first-order valence-corrected chi connectivity index (χ1v) is 23.1. The van der Waals surface area contributed by atoms with E-state index in [9.17, 15) is 34.6 Å². The van der Waals surface area contributed by atoms with Crippen molar-refractivity contribution in [3.05, 3.63) is 59.3 Å². The van der Waals surface area contributed by atoms with E-state index in [0.29, 0.717) is 17.7 Å². The number of halogens is 1. The van der Waals surface area contributed by atoms with Crippen molar-refractivity contribution in [3.8, 4) is 12.1 Å². The molecule has 1 aliphatic heterocycles. The van der Waals surface area contributed by atoms with Crippen LogP contribution in [-0.2, 0) is 40.0 Å². The fourth-order valence-electron chi connectivity index (χ4n) is 7.94. The van der Waals surface area contributed by atoms with E-state index in [1.54, 1.807) is 0 Å². The Morgan fingerprint density at radius 2 is 1.57 bits per heavy atom. The Labute approximate surface area is 352 Å². The molecule has 1 aromatic carbocycles. The molecular weight excluding hydrogens is 794 g/mol. The van der Waals surface area contributed by atoms with E-state index in [-0.39, 0.29) is 30.3 Å². The number of nitrogen functional groups attached to an aromatic ring is 1. The third-order valence-corrected chi connectivity index (χ3v) is 12.4. The number of nitriles is 2. The second-order valence-corrected chi connectivity index (χ2v) is 17.5. The minimum absolute atomic E-state index is 0.0266. The number of nitrogens with two attached hydrogens (primary N) is 1. The van der Waals surface area contributed by atoms with Crippen molar-refractivity contribution in [1.82, 2.24) is 14.6 Å². The van der Waals surface area contributed by atoms with E-state index >= 15 is 0 Å². The molecule has 2 fully saturated rings. The fourth-order valence-corrected chi connectivity index (χ4v) is 8.92. The van der Waals surface area contributed by atoms with Crippen molar-refractivity contribution in [2.45, 2.75) is 165 Å². The topological polar surface area (TPSA) is 228 Å². The number of phosphoric acid groups is 1. The maximum atomic E-state index is 14.1. The average molecular weight is 857 g/mol. The van der Waals surface area contributed by atoms with Crippen molar-refractivity contribution in [2.24, 2.45) is 0 Å². The Balaban J connectivity index is 1.02. The molecule has 1 aliphatic carbocycles. The van der Waals surface area contributed by atoms with Crippen LogP contribution >= 0.6 is 7.82 Å². The number of hydrogen-bond donors (Lipinski definition) is 4. The number of fused-ring (bicyclic) bond motifs is 2. The van der Waals surface area contributed by atoms with Crippen molar-refractivity contribution in [1.29, 1.82) is 10.5 Å². The maximum Gasteiger partial charge on any atom is 0.472 e. The van der Waals surface area contributed by atoms with Gasteiger partial charge in [0.1, 0.15) is 48.1 Å². The molecule has 0 bridgehead atoms. The van der Waals surface area contributed by atoms with E-state index in [4.69, 9.17) is 29.0 Å². The second-order valence-electron chi connectivity index (χ2n) is 16.1. The summed E-state index contributed by atoms with van der Waals surface area (Å²) in [6.45, 7) is 2.01. The molecule has 2 aromatic heterocycles. The zero-order valence-electron chi connectivity index (χ0n) is 34.8. The summed E-state index contributed by atoms with van der Waals surface area (Å²) in [4.78, 5) is 14.6. The predicted molar refractivity (Wildman–Crippen MR) is 220 cm³/mol. The molecular formula is C43H62FN6O9P. The van der Waals surface area contributed by atoms with Gasteiger partial charge in [0.25, 0.3) is 0 Å². The minimum Gasteiger partial charge on any atom is -0.385 e. The summed E-state index contributed by atoms with van der Waals surface area (Å²) in [5.41, 5.74) is 2.44. The zero-order chi connectivity index (χ0) is 43.0. The maximum absolute atomic E-state index is 14.1. The first-order chi connectivity index (χ1) is 29.0. The Morgan fingerprint density at radius 3 is 2.13 bits per heavy atom.